The number of furan rings is 1. The number of para-hydroxylation sites is 2. The molecule has 9 rings (SSSR count). The van der Waals surface area contributed by atoms with Gasteiger partial charge in [0.2, 0.25) is 0 Å². The highest BCUT2D eigenvalue weighted by atomic mass is 16.3. The zero-order chi connectivity index (χ0) is 35.6. The smallest absolute Gasteiger partial charge is 0.136 e. The SMILES string of the molecule is C=C/C(=C\CC(Cc1ccccc1)N(c1ccccc1)c1ccc(-c2ccc3ccccc3c2)cc1)c1ccc2c(ccc3oc4ccccc4c32)c1. The van der Waals surface area contributed by atoms with Crippen LogP contribution in [-0.2, 0) is 6.42 Å². The zero-order valence-electron chi connectivity index (χ0n) is 29.5. The number of hydrogen-bond acceptors (Lipinski definition) is 2. The average Bonchev–Trinajstić information content (AvgIpc) is 3.61. The summed E-state index contributed by atoms with van der Waals surface area (Å²) in [6.07, 6.45) is 6.07. The highest BCUT2D eigenvalue weighted by molar-refractivity contribution is 6.19. The Balaban J connectivity index is 1.09. The molecule has 1 aromatic heterocycles. The minimum absolute atomic E-state index is 0.138. The molecule has 53 heavy (non-hydrogen) atoms. The van der Waals surface area contributed by atoms with Gasteiger partial charge in [-0.25, -0.2) is 0 Å². The fraction of sp³-hybridized carbons (Fsp3) is 0.0588. The van der Waals surface area contributed by atoms with Gasteiger partial charge in [-0.15, -0.1) is 0 Å². The van der Waals surface area contributed by atoms with Gasteiger partial charge in [0.15, 0.2) is 0 Å². The Morgan fingerprint density at radius 2 is 1.23 bits per heavy atom. The topological polar surface area (TPSA) is 16.4 Å². The quantitative estimate of drug-likeness (QED) is 0.134. The molecule has 0 radical (unpaired) electrons. The second-order valence-corrected chi connectivity index (χ2v) is 13.7. The van der Waals surface area contributed by atoms with Gasteiger partial charge in [-0.2, -0.15) is 0 Å². The van der Waals surface area contributed by atoms with Crippen molar-refractivity contribution in [3.63, 3.8) is 0 Å². The van der Waals surface area contributed by atoms with Crippen LogP contribution >= 0.6 is 0 Å². The van der Waals surface area contributed by atoms with Crippen molar-refractivity contribution in [3.8, 4) is 11.1 Å². The zero-order valence-corrected chi connectivity index (χ0v) is 29.5. The Bertz CT molecular complexity index is 2740. The third-order valence-electron chi connectivity index (χ3n) is 10.5. The lowest BCUT2D eigenvalue weighted by molar-refractivity contribution is 0.656. The van der Waals surface area contributed by atoms with Gasteiger partial charge in [0.05, 0.1) is 0 Å². The summed E-state index contributed by atoms with van der Waals surface area (Å²) < 4.78 is 6.18. The summed E-state index contributed by atoms with van der Waals surface area (Å²) in [6, 6.07) is 65.4. The Labute approximate surface area is 310 Å². The lowest BCUT2D eigenvalue weighted by Crippen LogP contribution is -2.33. The van der Waals surface area contributed by atoms with Crippen molar-refractivity contribution in [3.05, 3.63) is 212 Å². The van der Waals surface area contributed by atoms with Crippen molar-refractivity contribution in [2.24, 2.45) is 0 Å². The molecule has 1 heterocycles. The van der Waals surface area contributed by atoms with E-state index in [1.54, 1.807) is 0 Å². The van der Waals surface area contributed by atoms with Crippen LogP contribution in [-0.4, -0.2) is 6.04 Å². The van der Waals surface area contributed by atoms with Crippen molar-refractivity contribution in [1.82, 2.24) is 0 Å². The van der Waals surface area contributed by atoms with Crippen molar-refractivity contribution in [2.45, 2.75) is 18.9 Å². The predicted octanol–water partition coefficient (Wildman–Crippen LogP) is 14.0. The van der Waals surface area contributed by atoms with E-state index in [-0.39, 0.29) is 6.04 Å². The molecule has 0 aliphatic carbocycles. The highest BCUT2D eigenvalue weighted by Crippen LogP contribution is 2.37. The van der Waals surface area contributed by atoms with Crippen LogP contribution in [0.1, 0.15) is 17.5 Å². The first-order chi connectivity index (χ1) is 26.2. The molecular weight excluding hydrogens is 643 g/mol. The van der Waals surface area contributed by atoms with Crippen LogP contribution in [0.3, 0.4) is 0 Å². The predicted molar refractivity (Wildman–Crippen MR) is 226 cm³/mol. The Kier molecular flexibility index (Phi) is 8.63. The minimum Gasteiger partial charge on any atom is -0.456 e. The fourth-order valence-corrected chi connectivity index (χ4v) is 7.82. The molecule has 0 spiro atoms. The van der Waals surface area contributed by atoms with Crippen molar-refractivity contribution >= 4 is 60.4 Å². The van der Waals surface area contributed by atoms with E-state index < -0.39 is 0 Å². The van der Waals surface area contributed by atoms with Crippen LogP contribution in [0, 0.1) is 0 Å². The van der Waals surface area contributed by atoms with E-state index in [9.17, 15) is 0 Å². The normalized spacial score (nSPS) is 12.4. The van der Waals surface area contributed by atoms with E-state index in [2.05, 4.69) is 187 Å². The van der Waals surface area contributed by atoms with Crippen molar-refractivity contribution in [2.75, 3.05) is 4.90 Å². The summed E-state index contributed by atoms with van der Waals surface area (Å²) in [5, 5.41) is 7.21. The van der Waals surface area contributed by atoms with Gasteiger partial charge in [-0.05, 0) is 111 Å². The summed E-state index contributed by atoms with van der Waals surface area (Å²) in [6.45, 7) is 4.28. The molecule has 9 aromatic rings. The molecule has 0 bridgehead atoms. The van der Waals surface area contributed by atoms with Crippen molar-refractivity contribution in [1.29, 1.82) is 0 Å². The Morgan fingerprint density at radius 3 is 2.04 bits per heavy atom. The van der Waals surface area contributed by atoms with Gasteiger partial charge in [0.25, 0.3) is 0 Å². The van der Waals surface area contributed by atoms with Crippen LogP contribution in [0.15, 0.2) is 205 Å². The number of nitrogens with zero attached hydrogens (tertiary/aromatic N) is 1. The summed E-state index contributed by atoms with van der Waals surface area (Å²) in [7, 11) is 0. The molecule has 0 saturated carbocycles. The number of allylic oxidation sites excluding steroid dienone is 2. The van der Waals surface area contributed by atoms with Gasteiger partial charge >= 0.3 is 0 Å². The van der Waals surface area contributed by atoms with Crippen LogP contribution < -0.4 is 4.90 Å². The summed E-state index contributed by atoms with van der Waals surface area (Å²) in [5.41, 5.74) is 10.2. The average molecular weight is 682 g/mol. The lowest BCUT2D eigenvalue weighted by Gasteiger charge is -2.34. The van der Waals surface area contributed by atoms with Gasteiger partial charge in [-0.1, -0.05) is 152 Å². The molecule has 0 amide bonds. The van der Waals surface area contributed by atoms with Crippen LogP contribution in [0.25, 0.3) is 60.2 Å². The van der Waals surface area contributed by atoms with Crippen LogP contribution in [0.2, 0.25) is 0 Å². The third-order valence-corrected chi connectivity index (χ3v) is 10.5. The molecule has 1 atom stereocenters. The van der Waals surface area contributed by atoms with Gasteiger partial charge in [-0.3, -0.25) is 0 Å². The largest absolute Gasteiger partial charge is 0.456 e. The maximum atomic E-state index is 6.18. The first-order valence-electron chi connectivity index (χ1n) is 18.4. The monoisotopic (exact) mass is 681 g/mol. The summed E-state index contributed by atoms with van der Waals surface area (Å²) in [5.74, 6) is 0. The molecule has 1 unspecified atom stereocenters. The first-order valence-corrected chi connectivity index (χ1v) is 18.4. The maximum Gasteiger partial charge on any atom is 0.136 e. The van der Waals surface area contributed by atoms with Gasteiger partial charge < -0.3 is 9.32 Å². The van der Waals surface area contributed by atoms with Crippen LogP contribution in [0.5, 0.6) is 0 Å². The molecule has 2 heteroatoms. The summed E-state index contributed by atoms with van der Waals surface area (Å²) >= 11 is 0. The molecule has 2 nitrogen and oxygen atoms in total. The molecule has 0 aliphatic heterocycles. The van der Waals surface area contributed by atoms with Gasteiger partial charge in [0, 0.05) is 28.2 Å². The molecule has 254 valence electrons. The maximum absolute atomic E-state index is 6.18. The van der Waals surface area contributed by atoms with E-state index in [1.807, 2.05) is 18.2 Å². The third kappa shape index (κ3) is 6.41. The van der Waals surface area contributed by atoms with Crippen molar-refractivity contribution < 1.29 is 4.42 Å². The standard InChI is InChI=1S/C51H39NO/c1-2-37(41-26-31-47-43(35-41)27-32-50-51(47)48-19-11-12-20-49(48)53-50)23-30-46(33-36-13-5-3-6-14-36)52(44-17-7-4-8-18-44)45-28-24-39(25-29-45)42-22-21-38-15-9-10-16-40(38)34-42/h2-29,31-32,34-35,46H,1,30,33H2/b37-23+. The van der Waals surface area contributed by atoms with Crippen LogP contribution in [0.4, 0.5) is 11.4 Å². The van der Waals surface area contributed by atoms with E-state index in [1.165, 1.54) is 49.3 Å². The number of hydrogen-bond donors (Lipinski definition) is 0. The second kappa shape index (κ2) is 14.2. The molecular formula is C51H39NO. The first kappa shape index (κ1) is 32.3. The summed E-state index contributed by atoms with van der Waals surface area (Å²) in [4.78, 5) is 2.51. The molecule has 0 aliphatic rings. The van der Waals surface area contributed by atoms with E-state index in [0.29, 0.717) is 0 Å². The fourth-order valence-electron chi connectivity index (χ4n) is 7.82. The Hall–Kier alpha value is -6.64. The number of fused-ring (bicyclic) bond motifs is 6. The molecule has 8 aromatic carbocycles. The van der Waals surface area contributed by atoms with E-state index >= 15 is 0 Å². The molecule has 0 saturated heterocycles. The molecule has 0 fully saturated rings. The Morgan fingerprint density at radius 1 is 0.547 bits per heavy atom. The van der Waals surface area contributed by atoms with Gasteiger partial charge in [0.1, 0.15) is 11.2 Å². The van der Waals surface area contributed by atoms with E-state index in [4.69, 9.17) is 4.42 Å². The molecule has 0 N–H and O–H groups in total. The lowest BCUT2D eigenvalue weighted by atomic mass is 9.95. The minimum atomic E-state index is 0.138. The highest BCUT2D eigenvalue weighted by Gasteiger charge is 2.22. The number of anilines is 2. The second-order valence-electron chi connectivity index (χ2n) is 13.7. The number of benzene rings is 8. The number of rotatable bonds is 10. The van der Waals surface area contributed by atoms with E-state index in [0.717, 1.165) is 46.2 Å².